The third kappa shape index (κ3) is 3.11. The summed E-state index contributed by atoms with van der Waals surface area (Å²) >= 11 is 3.69. The first-order valence-electron chi connectivity index (χ1n) is 7.05. The maximum atomic E-state index is 4.71. The van der Waals surface area contributed by atoms with Crippen LogP contribution in [-0.4, -0.2) is 17.5 Å². The molecule has 1 aromatic heterocycles. The molecule has 0 atom stereocenters. The molecule has 0 spiro atoms. The topological polar surface area (TPSA) is 25.2 Å². The molecule has 2 aliphatic carbocycles. The van der Waals surface area contributed by atoms with Gasteiger partial charge in [0.1, 0.15) is 5.01 Å². The van der Waals surface area contributed by atoms with Gasteiger partial charge < -0.3 is 0 Å². The number of rotatable bonds is 4. The first-order chi connectivity index (χ1) is 9.28. The Labute approximate surface area is 123 Å². The summed E-state index contributed by atoms with van der Waals surface area (Å²) in [5.74, 6) is 0.789. The van der Waals surface area contributed by atoms with E-state index in [9.17, 15) is 0 Å². The molecule has 0 aromatic carbocycles. The minimum atomic E-state index is 0.789. The van der Waals surface area contributed by atoms with Gasteiger partial charge in [0.25, 0.3) is 0 Å². The Morgan fingerprint density at radius 2 is 2.16 bits per heavy atom. The van der Waals surface area contributed by atoms with Gasteiger partial charge in [-0.25, -0.2) is 4.98 Å². The number of aliphatic imine (C=N–C) groups is 1. The molecule has 0 saturated heterocycles. The number of aryl methyl sites for hydroxylation is 2. The monoisotopic (exact) mass is 292 g/mol. The molecule has 1 fully saturated rings. The zero-order chi connectivity index (χ0) is 13.2. The van der Waals surface area contributed by atoms with Crippen LogP contribution in [0.5, 0.6) is 0 Å². The van der Waals surface area contributed by atoms with Crippen LogP contribution >= 0.6 is 23.1 Å². The number of thioether (sulfide) groups is 1. The largest absolute Gasteiger partial charge is 0.258 e. The first kappa shape index (κ1) is 13.4. The molecule has 0 radical (unpaired) electrons. The summed E-state index contributed by atoms with van der Waals surface area (Å²) in [5, 5.41) is 1.09. The predicted molar refractivity (Wildman–Crippen MR) is 85.3 cm³/mol. The number of aromatic nitrogens is 1. The smallest absolute Gasteiger partial charge is 0.134 e. The standard InChI is InChI=1S/C15H20N2S2/c1-10(15(18-2)11-7-8-11)16-9-14-17-12-5-3-4-6-13(12)19-14/h9,11H,3-8H2,1-2H3/b15-10-,16-9+. The van der Waals surface area contributed by atoms with Crippen LogP contribution in [-0.2, 0) is 12.8 Å². The average molecular weight is 292 g/mol. The van der Waals surface area contributed by atoms with Crippen molar-refractivity contribution in [2.24, 2.45) is 10.9 Å². The molecule has 1 heterocycles. The van der Waals surface area contributed by atoms with Crippen LogP contribution in [0.2, 0.25) is 0 Å². The van der Waals surface area contributed by atoms with Crippen molar-refractivity contribution in [1.82, 2.24) is 4.98 Å². The van der Waals surface area contributed by atoms with Crippen LogP contribution in [0.15, 0.2) is 15.6 Å². The molecule has 0 N–H and O–H groups in total. The minimum absolute atomic E-state index is 0.789. The zero-order valence-corrected chi connectivity index (χ0v) is 13.2. The first-order valence-corrected chi connectivity index (χ1v) is 9.09. The summed E-state index contributed by atoms with van der Waals surface area (Å²) in [4.78, 5) is 12.3. The lowest BCUT2D eigenvalue weighted by molar-refractivity contribution is 0.682. The van der Waals surface area contributed by atoms with Gasteiger partial charge in [0, 0.05) is 15.5 Å². The van der Waals surface area contributed by atoms with E-state index in [1.54, 1.807) is 0 Å². The van der Waals surface area contributed by atoms with Crippen LogP contribution < -0.4 is 0 Å². The summed E-state index contributed by atoms with van der Waals surface area (Å²) in [6, 6.07) is 0. The van der Waals surface area contributed by atoms with Gasteiger partial charge in [-0.1, -0.05) is 0 Å². The Balaban J connectivity index is 1.76. The predicted octanol–water partition coefficient (Wildman–Crippen LogP) is 4.45. The van der Waals surface area contributed by atoms with E-state index >= 15 is 0 Å². The van der Waals surface area contributed by atoms with Gasteiger partial charge in [0.05, 0.1) is 11.9 Å². The highest BCUT2D eigenvalue weighted by Gasteiger charge is 2.27. The molecule has 1 saturated carbocycles. The fourth-order valence-corrected chi connectivity index (χ4v) is 4.54. The highest BCUT2D eigenvalue weighted by molar-refractivity contribution is 8.02. The number of fused-ring (bicyclic) bond motifs is 1. The Morgan fingerprint density at radius 3 is 2.84 bits per heavy atom. The maximum absolute atomic E-state index is 4.71. The SMILES string of the molecule is CS/C(=C(C)\N=C\c1nc2c(s1)CCCC2)C1CC1. The van der Waals surface area contributed by atoms with Crippen LogP contribution in [0.4, 0.5) is 0 Å². The van der Waals surface area contributed by atoms with E-state index in [-0.39, 0.29) is 0 Å². The number of hydrogen-bond acceptors (Lipinski definition) is 4. The van der Waals surface area contributed by atoms with E-state index in [0.717, 1.165) is 17.3 Å². The fraction of sp³-hybridized carbons (Fsp3) is 0.600. The van der Waals surface area contributed by atoms with Crippen molar-refractivity contribution in [3.05, 3.63) is 26.2 Å². The molecule has 0 unspecified atom stereocenters. The summed E-state index contributed by atoms with van der Waals surface area (Å²) in [5.41, 5.74) is 2.51. The summed E-state index contributed by atoms with van der Waals surface area (Å²) < 4.78 is 0. The van der Waals surface area contributed by atoms with Crippen LogP contribution in [0, 0.1) is 5.92 Å². The molecule has 2 nitrogen and oxygen atoms in total. The van der Waals surface area contributed by atoms with E-state index in [2.05, 4.69) is 18.2 Å². The molecule has 102 valence electrons. The highest BCUT2D eigenvalue weighted by Crippen LogP contribution is 2.43. The molecule has 3 rings (SSSR count). The molecule has 0 aliphatic heterocycles. The van der Waals surface area contributed by atoms with E-state index < -0.39 is 0 Å². The van der Waals surface area contributed by atoms with Crippen molar-refractivity contribution >= 4 is 29.3 Å². The second-order valence-corrected chi connectivity index (χ2v) is 7.28. The maximum Gasteiger partial charge on any atom is 0.134 e. The van der Waals surface area contributed by atoms with Crippen molar-refractivity contribution in [2.75, 3.05) is 6.26 Å². The van der Waals surface area contributed by atoms with Crippen molar-refractivity contribution < 1.29 is 0 Å². The van der Waals surface area contributed by atoms with Gasteiger partial charge in [-0.2, -0.15) is 0 Å². The van der Waals surface area contributed by atoms with E-state index in [1.165, 1.54) is 53.3 Å². The van der Waals surface area contributed by atoms with Crippen molar-refractivity contribution in [3.63, 3.8) is 0 Å². The lowest BCUT2D eigenvalue weighted by Crippen LogP contribution is -1.99. The van der Waals surface area contributed by atoms with Gasteiger partial charge >= 0.3 is 0 Å². The molecule has 0 amide bonds. The van der Waals surface area contributed by atoms with Crippen molar-refractivity contribution in [1.29, 1.82) is 0 Å². The zero-order valence-electron chi connectivity index (χ0n) is 11.6. The van der Waals surface area contributed by atoms with Crippen LogP contribution in [0.25, 0.3) is 0 Å². The lowest BCUT2D eigenvalue weighted by atomic mass is 10.0. The van der Waals surface area contributed by atoms with Gasteiger partial charge in [-0.15, -0.1) is 23.1 Å². The highest BCUT2D eigenvalue weighted by atomic mass is 32.2. The Morgan fingerprint density at radius 1 is 1.37 bits per heavy atom. The van der Waals surface area contributed by atoms with Gasteiger partial charge in [0.15, 0.2) is 0 Å². The van der Waals surface area contributed by atoms with E-state index in [0.29, 0.717) is 0 Å². The quantitative estimate of drug-likeness (QED) is 0.766. The molecule has 4 heteroatoms. The molecule has 0 bridgehead atoms. The molecular formula is C15H20N2S2. The molecule has 2 aliphatic rings. The van der Waals surface area contributed by atoms with Crippen molar-refractivity contribution in [3.8, 4) is 0 Å². The lowest BCUT2D eigenvalue weighted by Gasteiger charge is -2.06. The molecular weight excluding hydrogens is 272 g/mol. The molecule has 1 aromatic rings. The second-order valence-electron chi connectivity index (χ2n) is 5.32. The Kier molecular flexibility index (Phi) is 4.08. The second kappa shape index (κ2) is 5.80. The van der Waals surface area contributed by atoms with Gasteiger partial charge in [-0.3, -0.25) is 4.99 Å². The Hall–Kier alpha value is -0.610. The average Bonchev–Trinajstić information content (AvgIpc) is 3.16. The number of hydrogen-bond donors (Lipinski definition) is 0. The summed E-state index contributed by atoms with van der Waals surface area (Å²) in [6.45, 7) is 2.13. The number of thiazole rings is 1. The fourth-order valence-electron chi connectivity index (χ4n) is 2.60. The van der Waals surface area contributed by atoms with Crippen molar-refractivity contribution in [2.45, 2.75) is 45.4 Å². The molecule has 19 heavy (non-hydrogen) atoms. The third-order valence-electron chi connectivity index (χ3n) is 3.76. The van der Waals surface area contributed by atoms with E-state index in [1.807, 2.05) is 29.3 Å². The summed E-state index contributed by atoms with van der Waals surface area (Å²) in [7, 11) is 0. The number of allylic oxidation sites excluding steroid dienone is 2. The van der Waals surface area contributed by atoms with E-state index in [4.69, 9.17) is 4.98 Å². The van der Waals surface area contributed by atoms with Gasteiger partial charge in [-0.05, 0) is 57.6 Å². The minimum Gasteiger partial charge on any atom is -0.258 e. The van der Waals surface area contributed by atoms with Gasteiger partial charge in [0.2, 0.25) is 0 Å². The Bertz CT molecular complexity index is 501. The number of nitrogens with zero attached hydrogens (tertiary/aromatic N) is 2. The third-order valence-corrected chi connectivity index (χ3v) is 5.92. The van der Waals surface area contributed by atoms with Crippen LogP contribution in [0.1, 0.15) is 48.2 Å². The normalized spacial score (nSPS) is 20.5. The summed E-state index contributed by atoms with van der Waals surface area (Å²) in [6.07, 6.45) is 11.8. The van der Waals surface area contributed by atoms with Crippen LogP contribution in [0.3, 0.4) is 0 Å².